The third-order valence-corrected chi connectivity index (χ3v) is 6.43. The molecule has 2 saturated carbocycles. The fourth-order valence-corrected chi connectivity index (χ4v) is 4.77. The van der Waals surface area contributed by atoms with E-state index in [4.69, 9.17) is 5.73 Å². The largest absolute Gasteiger partial charge is 0.342 e. The van der Waals surface area contributed by atoms with Crippen molar-refractivity contribution in [1.29, 1.82) is 0 Å². The van der Waals surface area contributed by atoms with Crippen molar-refractivity contribution in [3.8, 4) is 0 Å². The minimum absolute atomic E-state index is 0. The van der Waals surface area contributed by atoms with Crippen LogP contribution < -0.4 is 11.1 Å². The van der Waals surface area contributed by atoms with E-state index in [0.29, 0.717) is 26.1 Å². The fraction of sp³-hybridized carbons (Fsp3) is 0.900. The van der Waals surface area contributed by atoms with E-state index in [2.05, 4.69) is 5.32 Å². The minimum atomic E-state index is -0.689. The summed E-state index contributed by atoms with van der Waals surface area (Å²) >= 11 is 0. The molecular formula is C20H38ClN3O2. The Balaban J connectivity index is 0.00000338. The topological polar surface area (TPSA) is 75.4 Å². The van der Waals surface area contributed by atoms with Crippen LogP contribution in [0.3, 0.4) is 0 Å². The van der Waals surface area contributed by atoms with E-state index < -0.39 is 5.54 Å². The molecule has 0 saturated heterocycles. The molecule has 2 rings (SSSR count). The van der Waals surface area contributed by atoms with Gasteiger partial charge >= 0.3 is 0 Å². The summed E-state index contributed by atoms with van der Waals surface area (Å²) in [5, 5.41) is 3.20. The number of likely N-dealkylation sites (N-methyl/N-ethyl adjacent to an activating group) is 1. The van der Waals surface area contributed by atoms with Crippen molar-refractivity contribution in [3.05, 3.63) is 0 Å². The Labute approximate surface area is 165 Å². The second-order valence-corrected chi connectivity index (χ2v) is 8.11. The molecule has 2 fully saturated rings. The average molecular weight is 388 g/mol. The Bertz CT molecular complexity index is 454. The second kappa shape index (κ2) is 10.5. The van der Waals surface area contributed by atoms with Crippen LogP contribution in [0.15, 0.2) is 0 Å². The van der Waals surface area contributed by atoms with Crippen molar-refractivity contribution in [2.24, 2.45) is 11.1 Å². The van der Waals surface area contributed by atoms with Crippen LogP contribution in [0.4, 0.5) is 0 Å². The molecule has 5 nitrogen and oxygen atoms in total. The van der Waals surface area contributed by atoms with Gasteiger partial charge in [0.2, 0.25) is 11.8 Å². The quantitative estimate of drug-likeness (QED) is 0.702. The van der Waals surface area contributed by atoms with Gasteiger partial charge < -0.3 is 16.0 Å². The maximum Gasteiger partial charge on any atom is 0.248 e. The molecule has 3 N–H and O–H groups in total. The molecule has 2 amide bonds. The van der Waals surface area contributed by atoms with E-state index >= 15 is 0 Å². The minimum Gasteiger partial charge on any atom is -0.342 e. The van der Waals surface area contributed by atoms with Crippen LogP contribution in [0.5, 0.6) is 0 Å². The molecule has 0 aliphatic heterocycles. The third-order valence-electron chi connectivity index (χ3n) is 6.43. The summed E-state index contributed by atoms with van der Waals surface area (Å²) in [6.07, 6.45) is 10.8. The number of nitrogens with one attached hydrogen (secondary N) is 1. The van der Waals surface area contributed by atoms with Gasteiger partial charge in [0.15, 0.2) is 0 Å². The lowest BCUT2D eigenvalue weighted by molar-refractivity contribution is -0.144. The summed E-state index contributed by atoms with van der Waals surface area (Å²) in [5.74, 6) is 0.130. The zero-order valence-corrected chi connectivity index (χ0v) is 17.5. The van der Waals surface area contributed by atoms with Gasteiger partial charge in [-0.3, -0.25) is 9.59 Å². The van der Waals surface area contributed by atoms with Crippen molar-refractivity contribution in [1.82, 2.24) is 10.2 Å². The Kier molecular flexibility index (Phi) is 9.39. The molecule has 0 bridgehead atoms. The molecule has 0 radical (unpaired) electrons. The average Bonchev–Trinajstić information content (AvgIpc) is 2.64. The first kappa shape index (κ1) is 23.2. The number of hydrogen-bond donors (Lipinski definition) is 2. The van der Waals surface area contributed by atoms with E-state index in [1.807, 2.05) is 18.7 Å². The predicted octanol–water partition coefficient (Wildman–Crippen LogP) is 3.40. The van der Waals surface area contributed by atoms with E-state index in [1.54, 1.807) is 0 Å². The predicted molar refractivity (Wildman–Crippen MR) is 108 cm³/mol. The molecule has 0 aromatic heterocycles. The highest BCUT2D eigenvalue weighted by Gasteiger charge is 2.44. The van der Waals surface area contributed by atoms with Gasteiger partial charge in [0, 0.05) is 19.5 Å². The lowest BCUT2D eigenvalue weighted by Gasteiger charge is -2.41. The fourth-order valence-electron chi connectivity index (χ4n) is 4.77. The molecule has 0 atom stereocenters. The van der Waals surface area contributed by atoms with Gasteiger partial charge in [-0.25, -0.2) is 0 Å². The van der Waals surface area contributed by atoms with Gasteiger partial charge in [0.1, 0.15) is 5.54 Å². The molecule has 0 heterocycles. The molecule has 0 aromatic carbocycles. The van der Waals surface area contributed by atoms with Crippen LogP contribution in [0.2, 0.25) is 0 Å². The van der Waals surface area contributed by atoms with Crippen LogP contribution in [-0.4, -0.2) is 41.9 Å². The molecule has 2 aliphatic rings. The van der Waals surface area contributed by atoms with E-state index in [1.165, 1.54) is 6.42 Å². The Morgan fingerprint density at radius 1 is 0.923 bits per heavy atom. The molecule has 2 aliphatic carbocycles. The van der Waals surface area contributed by atoms with Crippen molar-refractivity contribution in [3.63, 3.8) is 0 Å². The first-order valence-electron chi connectivity index (χ1n) is 10.3. The second-order valence-electron chi connectivity index (χ2n) is 8.11. The van der Waals surface area contributed by atoms with Crippen molar-refractivity contribution in [2.75, 3.05) is 19.6 Å². The molecule has 152 valence electrons. The highest BCUT2D eigenvalue weighted by atomic mass is 35.5. The number of nitrogens with zero attached hydrogens (tertiary/aromatic N) is 1. The summed E-state index contributed by atoms with van der Waals surface area (Å²) in [6.45, 7) is 5.97. The van der Waals surface area contributed by atoms with Crippen LogP contribution in [-0.2, 0) is 9.59 Å². The zero-order valence-electron chi connectivity index (χ0n) is 16.6. The van der Waals surface area contributed by atoms with Crippen LogP contribution in [0.25, 0.3) is 0 Å². The van der Waals surface area contributed by atoms with E-state index in [-0.39, 0.29) is 29.6 Å². The molecule has 0 spiro atoms. The monoisotopic (exact) mass is 387 g/mol. The van der Waals surface area contributed by atoms with Crippen molar-refractivity contribution in [2.45, 2.75) is 90.0 Å². The molecule has 0 aromatic rings. The van der Waals surface area contributed by atoms with Gasteiger partial charge in [0.25, 0.3) is 0 Å². The van der Waals surface area contributed by atoms with Gasteiger partial charge in [-0.1, -0.05) is 38.5 Å². The third kappa shape index (κ3) is 5.35. The highest BCUT2D eigenvalue weighted by molar-refractivity contribution is 5.91. The van der Waals surface area contributed by atoms with Crippen molar-refractivity contribution < 1.29 is 9.59 Å². The SMILES string of the molecule is CCN(CC)C(=O)C1(NC(=O)CC2(CN)CCCCC2)CCCCC1.Cl. The van der Waals surface area contributed by atoms with Crippen molar-refractivity contribution >= 4 is 24.2 Å². The normalized spacial score (nSPS) is 21.3. The smallest absolute Gasteiger partial charge is 0.248 e. The molecule has 0 unspecified atom stereocenters. The number of amides is 2. The number of halogens is 1. The van der Waals surface area contributed by atoms with Gasteiger partial charge in [-0.2, -0.15) is 0 Å². The first-order chi connectivity index (χ1) is 12.0. The molecular weight excluding hydrogens is 350 g/mol. The number of nitrogens with two attached hydrogens (primary N) is 1. The molecule has 26 heavy (non-hydrogen) atoms. The van der Waals surface area contributed by atoms with Gasteiger partial charge in [0.05, 0.1) is 0 Å². The number of hydrogen-bond acceptors (Lipinski definition) is 3. The van der Waals surface area contributed by atoms with E-state index in [0.717, 1.165) is 57.8 Å². The van der Waals surface area contributed by atoms with Gasteiger partial charge in [-0.15, -0.1) is 12.4 Å². The molecule has 6 heteroatoms. The first-order valence-corrected chi connectivity index (χ1v) is 10.3. The van der Waals surface area contributed by atoms with Gasteiger partial charge in [-0.05, 0) is 51.5 Å². The number of rotatable bonds is 7. The van der Waals surface area contributed by atoms with E-state index in [9.17, 15) is 9.59 Å². The summed E-state index contributed by atoms with van der Waals surface area (Å²) in [5.41, 5.74) is 5.30. The van der Waals surface area contributed by atoms with Crippen LogP contribution in [0, 0.1) is 5.41 Å². The Morgan fingerprint density at radius 3 is 1.88 bits per heavy atom. The number of carbonyl (C=O) groups excluding carboxylic acids is 2. The summed E-state index contributed by atoms with van der Waals surface area (Å²) in [6, 6.07) is 0. The zero-order chi connectivity index (χ0) is 18.3. The summed E-state index contributed by atoms with van der Waals surface area (Å²) in [4.78, 5) is 27.9. The standard InChI is InChI=1S/C20H37N3O2.ClH/c1-3-23(4-2)18(25)20(13-9-6-10-14-20)22-17(24)15-19(16-21)11-7-5-8-12-19;/h3-16,21H2,1-2H3,(H,22,24);1H. The maximum atomic E-state index is 13.1. The lowest BCUT2D eigenvalue weighted by Crippen LogP contribution is -2.61. The highest BCUT2D eigenvalue weighted by Crippen LogP contribution is 2.39. The lowest BCUT2D eigenvalue weighted by atomic mass is 9.71. The summed E-state index contributed by atoms with van der Waals surface area (Å²) < 4.78 is 0. The van der Waals surface area contributed by atoms with Crippen LogP contribution in [0.1, 0.15) is 84.5 Å². The summed E-state index contributed by atoms with van der Waals surface area (Å²) in [7, 11) is 0. The van der Waals surface area contributed by atoms with Crippen LogP contribution >= 0.6 is 12.4 Å². The maximum absolute atomic E-state index is 13.1. The number of carbonyl (C=O) groups is 2. The Hall–Kier alpha value is -0.810. The Morgan fingerprint density at radius 2 is 1.42 bits per heavy atom.